The molecule has 6 aliphatic rings. The first-order valence-electron chi connectivity index (χ1n) is 12.7. The number of aliphatic hydroxyl groups is 1. The first-order valence-corrected chi connectivity index (χ1v) is 12.7. The number of fused-ring (bicyclic) bond motifs is 1. The molecule has 4 aliphatic carbocycles. The second kappa shape index (κ2) is 7.77. The molecule has 2 bridgehead atoms. The lowest BCUT2D eigenvalue weighted by atomic mass is 9.42. The van der Waals surface area contributed by atoms with Crippen molar-refractivity contribution in [1.29, 1.82) is 0 Å². The Kier molecular flexibility index (Phi) is 5.03. The maximum Gasteiger partial charge on any atom is 0.388 e. The molecule has 0 spiro atoms. The van der Waals surface area contributed by atoms with E-state index in [4.69, 9.17) is 4.74 Å². The highest BCUT2D eigenvalue weighted by Crippen LogP contribution is 2.69. The number of carbonyl (C=O) groups is 2. The summed E-state index contributed by atoms with van der Waals surface area (Å²) >= 11 is 0. The minimum Gasteiger partial charge on any atom is -0.489 e. The van der Waals surface area contributed by atoms with Crippen molar-refractivity contribution in [1.82, 2.24) is 9.80 Å². The first-order chi connectivity index (χ1) is 16.3. The molecule has 0 radical (unpaired) electrons. The fraction of sp³-hybridized carbons (Fsp3) is 0.654. The zero-order chi connectivity index (χ0) is 23.7. The zero-order valence-corrected chi connectivity index (χ0v) is 19.7. The van der Waals surface area contributed by atoms with Gasteiger partial charge in [0.1, 0.15) is 17.5 Å². The third-order valence-electron chi connectivity index (χ3n) is 8.71. The molecule has 4 fully saturated rings. The lowest BCUT2D eigenvalue weighted by Gasteiger charge is -2.67. The molecule has 4 saturated carbocycles. The number of rotatable bonds is 7. The second-order valence-electron chi connectivity index (χ2n) is 11.1. The third-order valence-corrected chi connectivity index (χ3v) is 8.71. The highest BCUT2D eigenvalue weighted by molar-refractivity contribution is 6.01. The largest absolute Gasteiger partial charge is 0.489 e. The predicted octanol–water partition coefficient (Wildman–Crippen LogP) is 1.88. The maximum atomic E-state index is 14.0. The van der Waals surface area contributed by atoms with Gasteiger partial charge in [-0.15, -0.1) is 4.99 Å². The SMILES string of the molecule is CCN(CC12CC(F)(C1)C2)[C@H]1CCC[C@@H]1Oc1ccc2c(c1)CN(C1CCC(=O)[NH+]=C1O)C2=O. The van der Waals surface area contributed by atoms with Gasteiger partial charge < -0.3 is 14.7 Å². The number of benzene rings is 1. The first kappa shape index (κ1) is 22.0. The number of ether oxygens (including phenoxy) is 1. The topological polar surface area (TPSA) is 84.1 Å². The van der Waals surface area contributed by atoms with E-state index in [0.717, 1.165) is 62.9 Å². The Hall–Kier alpha value is -2.48. The van der Waals surface area contributed by atoms with Crippen molar-refractivity contribution in [3.63, 3.8) is 0 Å². The van der Waals surface area contributed by atoms with E-state index in [1.165, 1.54) is 0 Å². The van der Waals surface area contributed by atoms with Crippen LogP contribution < -0.4 is 9.73 Å². The molecule has 1 aromatic rings. The number of amides is 2. The van der Waals surface area contributed by atoms with Crippen LogP contribution in [0, 0.1) is 5.41 Å². The molecule has 1 aromatic carbocycles. The van der Waals surface area contributed by atoms with Crippen molar-refractivity contribution in [2.24, 2.45) is 5.41 Å². The van der Waals surface area contributed by atoms with Gasteiger partial charge >= 0.3 is 11.8 Å². The smallest absolute Gasteiger partial charge is 0.388 e. The molecule has 2 N–H and O–H groups in total. The van der Waals surface area contributed by atoms with Crippen LogP contribution in [0.15, 0.2) is 18.2 Å². The molecule has 7 rings (SSSR count). The lowest BCUT2D eigenvalue weighted by Crippen LogP contribution is -2.82. The van der Waals surface area contributed by atoms with Crippen LogP contribution in [0.25, 0.3) is 0 Å². The summed E-state index contributed by atoms with van der Waals surface area (Å²) < 4.78 is 20.5. The summed E-state index contributed by atoms with van der Waals surface area (Å²) in [6.07, 6.45) is 6.17. The van der Waals surface area contributed by atoms with Gasteiger partial charge in [-0.25, -0.2) is 9.18 Å². The van der Waals surface area contributed by atoms with Gasteiger partial charge in [0.25, 0.3) is 5.91 Å². The molecular weight excluding hydrogens is 437 g/mol. The molecule has 34 heavy (non-hydrogen) atoms. The summed E-state index contributed by atoms with van der Waals surface area (Å²) in [5.41, 5.74) is 0.838. The molecule has 2 aliphatic heterocycles. The molecule has 0 aromatic heterocycles. The Morgan fingerprint density at radius 2 is 2.03 bits per heavy atom. The zero-order valence-electron chi connectivity index (χ0n) is 19.7. The summed E-state index contributed by atoms with van der Waals surface area (Å²) in [5, 5.41) is 10.2. The fourth-order valence-corrected chi connectivity index (χ4v) is 7.20. The van der Waals surface area contributed by atoms with Gasteiger partial charge in [0.05, 0.1) is 6.42 Å². The van der Waals surface area contributed by atoms with Gasteiger partial charge in [0.2, 0.25) is 0 Å². The molecule has 7 nitrogen and oxygen atoms in total. The van der Waals surface area contributed by atoms with Gasteiger partial charge in [-0.1, -0.05) is 6.92 Å². The average Bonchev–Trinajstić information content (AvgIpc) is 3.34. The number of hydrogen-bond acceptors (Lipinski definition) is 4. The standard InChI is InChI=1S/C26H32FN3O4/c1-2-29(15-25-12-26(27,13-25)14-25)19-4-3-5-21(19)34-17-6-7-18-16(10-17)11-30(24(18)33)20-8-9-22(31)28-23(20)32/h6-7,10,19-21H,2-5,8-9,11-15H2,1H3,(H,28,31,32)/p+1/t19-,20?,21-,25?,26?/m0/s1. The number of carbonyl (C=O) groups excluding carboxylic acids is 2. The molecule has 2 heterocycles. The Morgan fingerprint density at radius 3 is 2.74 bits per heavy atom. The van der Waals surface area contributed by atoms with Gasteiger partial charge in [-0.3, -0.25) is 9.69 Å². The van der Waals surface area contributed by atoms with Crippen molar-refractivity contribution in [3.05, 3.63) is 29.3 Å². The third kappa shape index (κ3) is 3.53. The van der Waals surface area contributed by atoms with E-state index in [1.54, 1.807) is 4.90 Å². The van der Waals surface area contributed by atoms with Crippen LogP contribution in [-0.4, -0.2) is 69.6 Å². The minimum atomic E-state index is -0.863. The van der Waals surface area contributed by atoms with Gasteiger partial charge in [0.15, 0.2) is 6.04 Å². The van der Waals surface area contributed by atoms with E-state index in [9.17, 15) is 19.1 Å². The quantitative estimate of drug-likeness (QED) is 0.636. The summed E-state index contributed by atoms with van der Waals surface area (Å²) in [6.45, 7) is 4.48. The van der Waals surface area contributed by atoms with E-state index in [2.05, 4.69) is 16.8 Å². The van der Waals surface area contributed by atoms with Crippen molar-refractivity contribution in [2.45, 2.75) is 88.7 Å². The molecule has 1 unspecified atom stereocenters. The van der Waals surface area contributed by atoms with Crippen LogP contribution in [0.5, 0.6) is 5.75 Å². The molecule has 182 valence electrons. The van der Waals surface area contributed by atoms with Crippen LogP contribution in [-0.2, 0) is 11.3 Å². The van der Waals surface area contributed by atoms with Crippen LogP contribution >= 0.6 is 0 Å². The van der Waals surface area contributed by atoms with Crippen molar-refractivity contribution < 1.29 is 28.8 Å². The number of aliphatic hydroxyl groups excluding tert-OH is 1. The van der Waals surface area contributed by atoms with E-state index in [0.29, 0.717) is 24.6 Å². The monoisotopic (exact) mass is 470 g/mol. The van der Waals surface area contributed by atoms with E-state index in [-0.39, 0.29) is 35.7 Å². The number of nitrogens with one attached hydrogen (secondary N) is 1. The number of hydrogen-bond donors (Lipinski definition) is 2. The van der Waals surface area contributed by atoms with Crippen molar-refractivity contribution in [2.75, 3.05) is 13.1 Å². The summed E-state index contributed by atoms with van der Waals surface area (Å²) in [7, 11) is 0. The molecule has 8 heteroatoms. The van der Waals surface area contributed by atoms with Crippen LogP contribution in [0.3, 0.4) is 0 Å². The summed E-state index contributed by atoms with van der Waals surface area (Å²) in [6, 6.07) is 5.46. The van der Waals surface area contributed by atoms with Crippen LogP contribution in [0.1, 0.15) is 74.2 Å². The molecule has 0 saturated heterocycles. The number of likely N-dealkylation sites (N-methyl/N-ethyl adjacent to an activating group) is 1. The van der Waals surface area contributed by atoms with Crippen LogP contribution in [0.2, 0.25) is 0 Å². The van der Waals surface area contributed by atoms with E-state index < -0.39 is 11.7 Å². The Bertz CT molecular complexity index is 1050. The predicted molar refractivity (Wildman–Crippen MR) is 122 cm³/mol. The number of alkyl halides is 1. The second-order valence-corrected chi connectivity index (χ2v) is 11.1. The minimum absolute atomic E-state index is 0.0869. The molecular formula is C26H33FN3O4+. The Labute approximate surface area is 199 Å². The van der Waals surface area contributed by atoms with Crippen LogP contribution in [0.4, 0.5) is 4.39 Å². The van der Waals surface area contributed by atoms with Crippen molar-refractivity contribution in [3.8, 4) is 5.75 Å². The van der Waals surface area contributed by atoms with Gasteiger partial charge in [-0.2, -0.15) is 0 Å². The summed E-state index contributed by atoms with van der Waals surface area (Å²) in [5.74, 6) is 0.262. The Morgan fingerprint density at radius 1 is 1.24 bits per heavy atom. The average molecular weight is 471 g/mol. The molecule has 2 amide bonds. The lowest BCUT2D eigenvalue weighted by molar-refractivity contribution is -0.394. The van der Waals surface area contributed by atoms with Crippen molar-refractivity contribution >= 4 is 17.7 Å². The number of halogens is 1. The normalized spacial score (nSPS) is 36.3. The van der Waals surface area contributed by atoms with E-state index in [1.807, 2.05) is 18.2 Å². The highest BCUT2D eigenvalue weighted by Gasteiger charge is 2.69. The van der Waals surface area contributed by atoms with Gasteiger partial charge in [0, 0.05) is 24.7 Å². The highest BCUT2D eigenvalue weighted by atomic mass is 19.1. The van der Waals surface area contributed by atoms with E-state index >= 15 is 0 Å². The summed E-state index contributed by atoms with van der Waals surface area (Å²) in [4.78, 5) is 31.1. The van der Waals surface area contributed by atoms with Gasteiger partial charge in [-0.05, 0) is 80.7 Å². The Balaban J connectivity index is 1.14. The fourth-order valence-electron chi connectivity index (χ4n) is 7.20. The maximum absolute atomic E-state index is 14.0. The number of nitrogens with zero attached hydrogens (tertiary/aromatic N) is 2. The molecule has 3 atom stereocenters.